The number of benzene rings is 1. The van der Waals surface area contributed by atoms with Crippen molar-refractivity contribution in [2.75, 3.05) is 13.2 Å². The summed E-state index contributed by atoms with van der Waals surface area (Å²) in [5.74, 6) is -1.18. The number of rotatable bonds is 4. The molecule has 6 nitrogen and oxygen atoms in total. The molecule has 110 valence electrons. The highest BCUT2D eigenvalue weighted by Gasteiger charge is 2.43. The molecule has 0 saturated carbocycles. The van der Waals surface area contributed by atoms with E-state index < -0.39 is 21.5 Å². The van der Waals surface area contributed by atoms with Crippen LogP contribution in [0.2, 0.25) is 0 Å². The number of carboxylic acids is 1. The number of halogens is 1. The summed E-state index contributed by atoms with van der Waals surface area (Å²) in [6.45, 7) is 0.431. The van der Waals surface area contributed by atoms with E-state index in [1.54, 1.807) is 12.1 Å². The average molecular weight is 364 g/mol. The SMILES string of the molecule is O=C(O)C1(NS(=O)(=O)c2cccc(Br)c2)CCOCC1. The Labute approximate surface area is 125 Å². The minimum atomic E-state index is -3.90. The first kappa shape index (κ1) is 15.4. The molecule has 0 spiro atoms. The van der Waals surface area contributed by atoms with Gasteiger partial charge in [0.25, 0.3) is 0 Å². The molecule has 1 aliphatic heterocycles. The fourth-order valence-corrected chi connectivity index (χ4v) is 4.04. The van der Waals surface area contributed by atoms with E-state index in [9.17, 15) is 18.3 Å². The van der Waals surface area contributed by atoms with Crippen molar-refractivity contribution in [2.45, 2.75) is 23.3 Å². The van der Waals surface area contributed by atoms with Gasteiger partial charge in [-0.15, -0.1) is 0 Å². The predicted molar refractivity (Wildman–Crippen MR) is 74.9 cm³/mol. The molecule has 1 aromatic carbocycles. The van der Waals surface area contributed by atoms with E-state index in [-0.39, 0.29) is 31.0 Å². The second kappa shape index (κ2) is 5.80. The van der Waals surface area contributed by atoms with Gasteiger partial charge in [0.1, 0.15) is 5.54 Å². The molecule has 20 heavy (non-hydrogen) atoms. The van der Waals surface area contributed by atoms with Gasteiger partial charge in [-0.25, -0.2) is 8.42 Å². The van der Waals surface area contributed by atoms with Gasteiger partial charge in [-0.3, -0.25) is 4.79 Å². The van der Waals surface area contributed by atoms with Gasteiger partial charge in [0.15, 0.2) is 0 Å². The number of aliphatic carboxylic acids is 1. The second-order valence-electron chi connectivity index (χ2n) is 4.56. The third-order valence-corrected chi connectivity index (χ3v) is 5.22. The molecule has 0 amide bonds. The Morgan fingerprint density at radius 1 is 1.35 bits per heavy atom. The third kappa shape index (κ3) is 3.20. The molecule has 0 aliphatic carbocycles. The molecule has 2 N–H and O–H groups in total. The zero-order valence-electron chi connectivity index (χ0n) is 10.5. The summed E-state index contributed by atoms with van der Waals surface area (Å²) in [7, 11) is -3.90. The van der Waals surface area contributed by atoms with E-state index in [0.29, 0.717) is 4.47 Å². The van der Waals surface area contributed by atoms with Crippen molar-refractivity contribution in [2.24, 2.45) is 0 Å². The summed E-state index contributed by atoms with van der Waals surface area (Å²) in [5, 5.41) is 9.36. The Morgan fingerprint density at radius 2 is 2.00 bits per heavy atom. The summed E-state index contributed by atoms with van der Waals surface area (Å²) < 4.78 is 32.7. The molecular weight excluding hydrogens is 350 g/mol. The molecule has 1 saturated heterocycles. The van der Waals surface area contributed by atoms with Crippen LogP contribution in [0.5, 0.6) is 0 Å². The van der Waals surface area contributed by atoms with Crippen molar-refractivity contribution in [1.82, 2.24) is 4.72 Å². The van der Waals surface area contributed by atoms with Gasteiger partial charge >= 0.3 is 5.97 Å². The van der Waals surface area contributed by atoms with Crippen LogP contribution in [0.4, 0.5) is 0 Å². The van der Waals surface area contributed by atoms with Gasteiger partial charge in [-0.2, -0.15) is 4.72 Å². The lowest BCUT2D eigenvalue weighted by Gasteiger charge is -2.33. The number of hydrogen-bond donors (Lipinski definition) is 2. The van der Waals surface area contributed by atoms with Crippen LogP contribution in [-0.4, -0.2) is 38.2 Å². The predicted octanol–water partition coefficient (Wildman–Crippen LogP) is 1.36. The van der Waals surface area contributed by atoms with Gasteiger partial charge in [0.2, 0.25) is 10.0 Å². The summed E-state index contributed by atoms with van der Waals surface area (Å²) >= 11 is 3.19. The van der Waals surface area contributed by atoms with Crippen molar-refractivity contribution < 1.29 is 23.1 Å². The van der Waals surface area contributed by atoms with Gasteiger partial charge in [-0.05, 0) is 18.2 Å². The number of carbonyl (C=O) groups is 1. The Hall–Kier alpha value is -0.960. The Bertz CT molecular complexity index is 610. The highest BCUT2D eigenvalue weighted by Crippen LogP contribution is 2.25. The highest BCUT2D eigenvalue weighted by molar-refractivity contribution is 9.10. The Balaban J connectivity index is 2.32. The maximum absolute atomic E-state index is 12.3. The minimum Gasteiger partial charge on any atom is -0.480 e. The van der Waals surface area contributed by atoms with Gasteiger partial charge in [-0.1, -0.05) is 22.0 Å². The van der Waals surface area contributed by atoms with Crippen LogP contribution < -0.4 is 4.72 Å². The first-order chi connectivity index (χ1) is 9.36. The molecule has 0 unspecified atom stereocenters. The van der Waals surface area contributed by atoms with Crippen LogP contribution in [0.15, 0.2) is 33.6 Å². The summed E-state index contributed by atoms with van der Waals surface area (Å²) in [4.78, 5) is 11.5. The lowest BCUT2D eigenvalue weighted by Crippen LogP contribution is -2.57. The molecule has 8 heteroatoms. The fraction of sp³-hybridized carbons (Fsp3) is 0.417. The number of hydrogen-bond acceptors (Lipinski definition) is 4. The lowest BCUT2D eigenvalue weighted by molar-refractivity contribution is -0.147. The Morgan fingerprint density at radius 3 is 2.55 bits per heavy atom. The maximum atomic E-state index is 12.3. The van der Waals surface area contributed by atoms with E-state index in [1.165, 1.54) is 12.1 Å². The van der Waals surface area contributed by atoms with Crippen LogP contribution in [-0.2, 0) is 19.6 Å². The topological polar surface area (TPSA) is 92.7 Å². The summed E-state index contributed by atoms with van der Waals surface area (Å²) in [6, 6.07) is 6.12. The standard InChI is InChI=1S/C12H14BrNO5S/c13-9-2-1-3-10(8-9)20(17,18)14-12(11(15)16)4-6-19-7-5-12/h1-3,8,14H,4-7H2,(H,15,16). The molecule has 2 rings (SSSR count). The number of nitrogens with one attached hydrogen (secondary N) is 1. The molecule has 1 heterocycles. The normalized spacial score (nSPS) is 18.6. The summed E-state index contributed by atoms with van der Waals surface area (Å²) in [5.41, 5.74) is -1.50. The zero-order valence-corrected chi connectivity index (χ0v) is 12.9. The number of ether oxygens (including phenoxy) is 1. The van der Waals surface area contributed by atoms with E-state index in [4.69, 9.17) is 4.74 Å². The largest absolute Gasteiger partial charge is 0.480 e. The molecule has 0 radical (unpaired) electrons. The zero-order chi connectivity index (χ0) is 14.8. The van der Waals surface area contributed by atoms with Crippen molar-refractivity contribution in [3.05, 3.63) is 28.7 Å². The maximum Gasteiger partial charge on any atom is 0.325 e. The van der Waals surface area contributed by atoms with Crippen LogP contribution in [0.3, 0.4) is 0 Å². The molecule has 0 atom stereocenters. The van der Waals surface area contributed by atoms with E-state index in [1.807, 2.05) is 0 Å². The first-order valence-corrected chi connectivity index (χ1v) is 8.24. The third-order valence-electron chi connectivity index (χ3n) is 3.19. The van der Waals surface area contributed by atoms with Crippen LogP contribution in [0, 0.1) is 0 Å². The number of carboxylic acid groups (broad SMARTS) is 1. The molecule has 0 aromatic heterocycles. The van der Waals surface area contributed by atoms with Crippen LogP contribution in [0.25, 0.3) is 0 Å². The molecule has 0 bridgehead atoms. The van der Waals surface area contributed by atoms with E-state index >= 15 is 0 Å². The molecule has 1 aliphatic rings. The number of sulfonamides is 1. The van der Waals surface area contributed by atoms with Crippen molar-refractivity contribution >= 4 is 31.9 Å². The Kier molecular flexibility index (Phi) is 4.48. The van der Waals surface area contributed by atoms with Crippen molar-refractivity contribution in [3.8, 4) is 0 Å². The van der Waals surface area contributed by atoms with Crippen LogP contribution in [0.1, 0.15) is 12.8 Å². The highest BCUT2D eigenvalue weighted by atomic mass is 79.9. The van der Waals surface area contributed by atoms with Crippen molar-refractivity contribution in [3.63, 3.8) is 0 Å². The molecule has 1 fully saturated rings. The van der Waals surface area contributed by atoms with E-state index in [0.717, 1.165) is 0 Å². The van der Waals surface area contributed by atoms with Gasteiger partial charge in [0, 0.05) is 30.5 Å². The van der Waals surface area contributed by atoms with Gasteiger partial charge < -0.3 is 9.84 Å². The van der Waals surface area contributed by atoms with Crippen LogP contribution >= 0.6 is 15.9 Å². The quantitative estimate of drug-likeness (QED) is 0.842. The second-order valence-corrected chi connectivity index (χ2v) is 7.16. The lowest BCUT2D eigenvalue weighted by atomic mass is 9.92. The van der Waals surface area contributed by atoms with Gasteiger partial charge in [0.05, 0.1) is 4.90 Å². The van der Waals surface area contributed by atoms with E-state index in [2.05, 4.69) is 20.7 Å². The smallest absolute Gasteiger partial charge is 0.325 e. The first-order valence-electron chi connectivity index (χ1n) is 5.96. The summed E-state index contributed by atoms with van der Waals surface area (Å²) in [6.07, 6.45) is 0.213. The molecular formula is C12H14BrNO5S. The fourth-order valence-electron chi connectivity index (χ4n) is 2.03. The average Bonchev–Trinajstić information content (AvgIpc) is 2.39. The minimum absolute atomic E-state index is 0.0268. The van der Waals surface area contributed by atoms with Crippen molar-refractivity contribution in [1.29, 1.82) is 0 Å². The monoisotopic (exact) mass is 363 g/mol. The molecule has 1 aromatic rings.